The molecule has 122 valence electrons. The lowest BCUT2D eigenvalue weighted by Crippen LogP contribution is -2.40. The molecule has 1 spiro atoms. The van der Waals surface area contributed by atoms with Gasteiger partial charge < -0.3 is 5.32 Å². The molecule has 0 fully saturated rings. The second-order valence-electron chi connectivity index (χ2n) is 6.75. The van der Waals surface area contributed by atoms with E-state index < -0.39 is 5.54 Å². The number of carbonyl (C=O) groups is 1. The summed E-state index contributed by atoms with van der Waals surface area (Å²) >= 11 is 0. The molecular formula is C22H23NO. The summed E-state index contributed by atoms with van der Waals surface area (Å²) in [6.45, 7) is 4.45. The van der Waals surface area contributed by atoms with Gasteiger partial charge in [0.2, 0.25) is 0 Å². The molecule has 0 radical (unpaired) electrons. The molecule has 1 amide bonds. The van der Waals surface area contributed by atoms with E-state index in [2.05, 4.69) is 49.5 Å². The summed E-state index contributed by atoms with van der Waals surface area (Å²) in [4.78, 5) is 12.7. The van der Waals surface area contributed by atoms with Crippen LogP contribution in [0.3, 0.4) is 0 Å². The largest absolute Gasteiger partial charge is 0.335 e. The average molecular weight is 317 g/mol. The van der Waals surface area contributed by atoms with Crippen molar-refractivity contribution in [2.24, 2.45) is 0 Å². The Morgan fingerprint density at radius 3 is 2.08 bits per heavy atom. The minimum absolute atomic E-state index is 0.0479. The molecule has 1 atom stereocenters. The monoisotopic (exact) mass is 317 g/mol. The summed E-state index contributed by atoms with van der Waals surface area (Å²) in [6, 6.07) is 16.7. The van der Waals surface area contributed by atoms with Gasteiger partial charge >= 0.3 is 0 Å². The van der Waals surface area contributed by atoms with Gasteiger partial charge in [-0.05, 0) is 46.7 Å². The highest BCUT2D eigenvalue weighted by atomic mass is 16.2. The highest BCUT2D eigenvalue weighted by molar-refractivity contribution is 6.03. The first kappa shape index (κ1) is 15.2. The van der Waals surface area contributed by atoms with E-state index in [0.29, 0.717) is 0 Å². The molecular weight excluding hydrogens is 294 g/mol. The number of rotatable bonds is 4. The first-order valence-electron chi connectivity index (χ1n) is 8.98. The van der Waals surface area contributed by atoms with Crippen molar-refractivity contribution < 1.29 is 4.79 Å². The summed E-state index contributed by atoms with van der Waals surface area (Å²) in [6.07, 6.45) is 4.27. The topological polar surface area (TPSA) is 29.1 Å². The van der Waals surface area contributed by atoms with Crippen molar-refractivity contribution in [3.05, 3.63) is 76.4 Å². The van der Waals surface area contributed by atoms with Crippen LogP contribution in [0.2, 0.25) is 0 Å². The molecule has 0 saturated heterocycles. The fraction of sp³-hybridized carbons (Fsp3) is 0.318. The summed E-state index contributed by atoms with van der Waals surface area (Å²) in [5.41, 5.74) is 6.88. The number of hydrogen-bond donors (Lipinski definition) is 1. The van der Waals surface area contributed by atoms with Gasteiger partial charge in [-0.2, -0.15) is 0 Å². The van der Waals surface area contributed by atoms with Gasteiger partial charge in [0.1, 0.15) is 5.54 Å². The lowest BCUT2D eigenvalue weighted by molar-refractivity contribution is 0.0948. The zero-order chi connectivity index (χ0) is 16.7. The number of hydrogen-bond acceptors (Lipinski definition) is 1. The van der Waals surface area contributed by atoms with Gasteiger partial charge in [0.05, 0.1) is 0 Å². The molecule has 1 heterocycles. The van der Waals surface area contributed by atoms with Crippen molar-refractivity contribution in [2.75, 3.05) is 0 Å². The molecule has 1 N–H and O–H groups in total. The Hall–Kier alpha value is -2.35. The smallest absolute Gasteiger partial charge is 0.252 e. The van der Waals surface area contributed by atoms with Crippen LogP contribution in [0.15, 0.2) is 54.1 Å². The second-order valence-corrected chi connectivity index (χ2v) is 6.75. The summed E-state index contributed by atoms with van der Waals surface area (Å²) in [5.74, 6) is 0.0479. The summed E-state index contributed by atoms with van der Waals surface area (Å²) < 4.78 is 0. The Morgan fingerprint density at radius 2 is 1.42 bits per heavy atom. The molecule has 24 heavy (non-hydrogen) atoms. The van der Waals surface area contributed by atoms with Crippen molar-refractivity contribution in [1.29, 1.82) is 0 Å². The van der Waals surface area contributed by atoms with Crippen molar-refractivity contribution in [2.45, 2.75) is 45.1 Å². The molecule has 0 saturated carbocycles. The van der Waals surface area contributed by atoms with Gasteiger partial charge in [0, 0.05) is 5.56 Å². The molecule has 1 aliphatic carbocycles. The van der Waals surface area contributed by atoms with Gasteiger partial charge in [-0.15, -0.1) is 0 Å². The number of fused-ring (bicyclic) bond motifs is 4. The van der Waals surface area contributed by atoms with E-state index in [-0.39, 0.29) is 5.91 Å². The van der Waals surface area contributed by atoms with E-state index in [1.54, 1.807) is 0 Å². The van der Waals surface area contributed by atoms with Crippen LogP contribution in [0, 0.1) is 0 Å². The molecule has 2 nitrogen and oxygen atoms in total. The van der Waals surface area contributed by atoms with Crippen LogP contribution >= 0.6 is 0 Å². The van der Waals surface area contributed by atoms with Gasteiger partial charge in [-0.1, -0.05) is 69.2 Å². The SMILES string of the molecule is CCCC1=C(CCC)C2(NC(=O)c3ccccc32)c2ccccc21. The standard InChI is InChI=1S/C22H23NO/c1-3-9-15-16-11-5-7-13-19(16)22(18(15)10-4-2)20-14-8-6-12-17(20)21(24)23-22/h5-8,11-14H,3-4,9-10H2,1-2H3,(H,23,24). The Bertz CT molecular complexity index is 849. The molecule has 1 unspecified atom stereocenters. The van der Waals surface area contributed by atoms with Crippen molar-refractivity contribution >= 4 is 11.5 Å². The Labute approximate surface area is 143 Å². The number of benzene rings is 2. The maximum atomic E-state index is 12.7. The minimum atomic E-state index is -0.454. The quantitative estimate of drug-likeness (QED) is 0.841. The van der Waals surface area contributed by atoms with E-state index in [9.17, 15) is 4.79 Å². The molecule has 2 heteroatoms. The number of allylic oxidation sites excluding steroid dienone is 1. The molecule has 0 aromatic heterocycles. The van der Waals surface area contributed by atoms with Gasteiger partial charge in [0.25, 0.3) is 5.91 Å². The maximum absolute atomic E-state index is 12.7. The Kier molecular flexibility index (Phi) is 3.56. The van der Waals surface area contributed by atoms with Crippen LogP contribution in [0.25, 0.3) is 5.57 Å². The lowest BCUT2D eigenvalue weighted by Gasteiger charge is -2.31. The van der Waals surface area contributed by atoms with E-state index >= 15 is 0 Å². The maximum Gasteiger partial charge on any atom is 0.252 e. The predicted octanol–water partition coefficient (Wildman–Crippen LogP) is 5.04. The zero-order valence-electron chi connectivity index (χ0n) is 14.4. The third kappa shape index (κ3) is 1.86. The molecule has 2 aliphatic rings. The van der Waals surface area contributed by atoms with Gasteiger partial charge in [-0.25, -0.2) is 0 Å². The van der Waals surface area contributed by atoms with Crippen LogP contribution in [0.5, 0.6) is 0 Å². The Morgan fingerprint density at radius 1 is 0.833 bits per heavy atom. The first-order valence-corrected chi connectivity index (χ1v) is 8.98. The van der Waals surface area contributed by atoms with E-state index in [1.165, 1.54) is 22.3 Å². The second kappa shape index (κ2) is 5.62. The third-order valence-corrected chi connectivity index (χ3v) is 5.35. The van der Waals surface area contributed by atoms with Crippen LogP contribution in [0.1, 0.15) is 66.6 Å². The normalized spacial score (nSPS) is 21.2. The third-order valence-electron chi connectivity index (χ3n) is 5.35. The predicted molar refractivity (Wildman–Crippen MR) is 97.9 cm³/mol. The minimum Gasteiger partial charge on any atom is -0.335 e. The molecule has 2 aromatic carbocycles. The summed E-state index contributed by atoms with van der Waals surface area (Å²) in [7, 11) is 0. The molecule has 4 rings (SSSR count). The van der Waals surface area contributed by atoms with E-state index in [0.717, 1.165) is 36.8 Å². The number of carbonyl (C=O) groups excluding carboxylic acids is 1. The average Bonchev–Trinajstić information content (AvgIpc) is 3.05. The van der Waals surface area contributed by atoms with Gasteiger partial charge in [-0.3, -0.25) is 4.79 Å². The Balaban J connectivity index is 2.05. The molecule has 1 aliphatic heterocycles. The molecule has 0 bridgehead atoms. The number of amides is 1. The fourth-order valence-electron chi connectivity index (χ4n) is 4.51. The lowest BCUT2D eigenvalue weighted by atomic mass is 9.79. The van der Waals surface area contributed by atoms with E-state index in [4.69, 9.17) is 0 Å². The number of nitrogens with one attached hydrogen (secondary N) is 1. The molecule has 2 aromatic rings. The first-order chi connectivity index (χ1) is 11.7. The van der Waals surface area contributed by atoms with Crippen molar-refractivity contribution in [1.82, 2.24) is 5.32 Å². The van der Waals surface area contributed by atoms with Crippen LogP contribution in [-0.4, -0.2) is 5.91 Å². The van der Waals surface area contributed by atoms with Crippen molar-refractivity contribution in [3.63, 3.8) is 0 Å². The van der Waals surface area contributed by atoms with Crippen LogP contribution < -0.4 is 5.32 Å². The highest BCUT2D eigenvalue weighted by Gasteiger charge is 2.51. The van der Waals surface area contributed by atoms with Crippen molar-refractivity contribution in [3.8, 4) is 0 Å². The van der Waals surface area contributed by atoms with Gasteiger partial charge in [0.15, 0.2) is 0 Å². The highest BCUT2D eigenvalue weighted by Crippen LogP contribution is 2.54. The van der Waals surface area contributed by atoms with E-state index in [1.807, 2.05) is 18.2 Å². The summed E-state index contributed by atoms with van der Waals surface area (Å²) in [5, 5.41) is 3.38. The van der Waals surface area contributed by atoms with Crippen LogP contribution in [0.4, 0.5) is 0 Å². The van der Waals surface area contributed by atoms with Crippen LogP contribution in [-0.2, 0) is 5.54 Å². The zero-order valence-corrected chi connectivity index (χ0v) is 14.4. The fourth-order valence-corrected chi connectivity index (χ4v) is 4.51.